The molecule has 1 aliphatic heterocycles. The van der Waals surface area contributed by atoms with Crippen molar-refractivity contribution >= 4 is 66.1 Å². The lowest BCUT2D eigenvalue weighted by molar-refractivity contribution is 1.10. The van der Waals surface area contributed by atoms with E-state index in [1.54, 1.807) is 0 Å². The van der Waals surface area contributed by atoms with Gasteiger partial charge in [0.2, 0.25) is 0 Å². The number of hydrogen-bond acceptors (Lipinski definition) is 1. The normalized spacial score (nSPS) is 12.8. The summed E-state index contributed by atoms with van der Waals surface area (Å²) in [6.45, 7) is 0. The van der Waals surface area contributed by atoms with Crippen molar-refractivity contribution in [3.63, 3.8) is 0 Å². The van der Waals surface area contributed by atoms with Crippen molar-refractivity contribution in [2.45, 2.75) is 9.79 Å². The Bertz CT molecular complexity index is 2220. The van der Waals surface area contributed by atoms with Crippen LogP contribution in [0.25, 0.3) is 65.8 Å². The van der Waals surface area contributed by atoms with E-state index in [-0.39, 0.29) is 0 Å². The van der Waals surface area contributed by atoms with Gasteiger partial charge in [-0.3, -0.25) is 0 Å². The summed E-state index contributed by atoms with van der Waals surface area (Å²) < 4.78 is 4.88. The van der Waals surface area contributed by atoms with Crippen molar-refractivity contribution in [1.82, 2.24) is 9.13 Å². The predicted molar refractivity (Wildman–Crippen MR) is 157 cm³/mol. The molecule has 0 atom stereocenters. The van der Waals surface area contributed by atoms with E-state index in [1.807, 2.05) is 11.8 Å². The van der Waals surface area contributed by atoms with Gasteiger partial charge >= 0.3 is 0 Å². The second-order valence-corrected chi connectivity index (χ2v) is 10.9. The molecule has 6 aromatic carbocycles. The molecule has 1 aliphatic rings. The summed E-state index contributed by atoms with van der Waals surface area (Å²) in [4.78, 5) is 2.65. The smallest absolute Gasteiger partial charge is 0.0687 e. The second kappa shape index (κ2) is 7.06. The molecule has 3 heterocycles. The van der Waals surface area contributed by atoms with Gasteiger partial charge in [-0.25, -0.2) is 0 Å². The molecule has 37 heavy (non-hydrogen) atoms. The quantitative estimate of drug-likeness (QED) is 0.224. The highest BCUT2D eigenvalue weighted by Crippen LogP contribution is 2.50. The Hall–Kier alpha value is -4.47. The van der Waals surface area contributed by atoms with E-state index >= 15 is 0 Å². The Morgan fingerprint density at radius 1 is 0.459 bits per heavy atom. The highest BCUT2D eigenvalue weighted by Gasteiger charge is 2.25. The Morgan fingerprint density at radius 2 is 1.14 bits per heavy atom. The second-order valence-electron chi connectivity index (χ2n) is 9.80. The van der Waals surface area contributed by atoms with Crippen molar-refractivity contribution in [2.75, 3.05) is 0 Å². The maximum absolute atomic E-state index is 2.47. The van der Waals surface area contributed by atoms with Crippen molar-refractivity contribution in [1.29, 1.82) is 0 Å². The average molecular weight is 489 g/mol. The summed E-state index contributed by atoms with van der Waals surface area (Å²) in [5.74, 6) is 0. The van der Waals surface area contributed by atoms with Crippen LogP contribution < -0.4 is 0 Å². The van der Waals surface area contributed by atoms with Gasteiger partial charge in [-0.15, -0.1) is 0 Å². The third-order valence-electron chi connectivity index (χ3n) is 7.85. The van der Waals surface area contributed by atoms with Crippen molar-refractivity contribution in [3.05, 3.63) is 121 Å². The third-order valence-corrected chi connectivity index (χ3v) is 9.03. The molecule has 0 fully saturated rings. The number of fused-ring (bicyclic) bond motifs is 10. The lowest BCUT2D eigenvalue weighted by atomic mass is 10.0. The SMILES string of the molecule is c1ccc(-n2c3ccccc3c3cc4c5c6c(cc4cc32)c2ccccc2n6-c2ccccc2S5)cc1. The fourth-order valence-corrected chi connectivity index (χ4v) is 7.53. The van der Waals surface area contributed by atoms with E-state index in [0.29, 0.717) is 0 Å². The van der Waals surface area contributed by atoms with E-state index in [4.69, 9.17) is 0 Å². The molecule has 3 heteroatoms. The molecule has 0 aliphatic carbocycles. The maximum Gasteiger partial charge on any atom is 0.0687 e. The minimum absolute atomic E-state index is 1.19. The molecule has 8 aromatic rings. The topological polar surface area (TPSA) is 9.86 Å². The van der Waals surface area contributed by atoms with Gasteiger partial charge in [0, 0.05) is 37.0 Å². The molecule has 0 amide bonds. The Morgan fingerprint density at radius 3 is 1.97 bits per heavy atom. The zero-order chi connectivity index (χ0) is 24.1. The summed E-state index contributed by atoms with van der Waals surface area (Å²) >= 11 is 1.91. The lowest BCUT2D eigenvalue weighted by Crippen LogP contribution is -2.01. The summed E-state index contributed by atoms with van der Waals surface area (Å²) in [5, 5.41) is 7.81. The molecule has 172 valence electrons. The zero-order valence-corrected chi connectivity index (χ0v) is 20.7. The number of benzene rings is 6. The van der Waals surface area contributed by atoms with Gasteiger partial charge in [-0.1, -0.05) is 78.5 Å². The van der Waals surface area contributed by atoms with Crippen LogP contribution in [-0.2, 0) is 0 Å². The van der Waals surface area contributed by atoms with Crippen molar-refractivity contribution < 1.29 is 0 Å². The lowest BCUT2D eigenvalue weighted by Gasteiger charge is -2.21. The Balaban J connectivity index is 1.50. The monoisotopic (exact) mass is 488 g/mol. The molecule has 0 saturated heterocycles. The summed E-state index contributed by atoms with van der Waals surface area (Å²) in [6.07, 6.45) is 0. The van der Waals surface area contributed by atoms with E-state index in [1.165, 1.54) is 75.5 Å². The van der Waals surface area contributed by atoms with Crippen LogP contribution >= 0.6 is 11.8 Å². The Kier molecular flexibility index (Phi) is 3.76. The van der Waals surface area contributed by atoms with Crippen LogP contribution in [0.4, 0.5) is 0 Å². The van der Waals surface area contributed by atoms with Crippen LogP contribution in [0.15, 0.2) is 131 Å². The van der Waals surface area contributed by atoms with Gasteiger partial charge < -0.3 is 9.13 Å². The number of para-hydroxylation sites is 4. The first-order valence-electron chi connectivity index (χ1n) is 12.6. The average Bonchev–Trinajstić information content (AvgIpc) is 3.46. The van der Waals surface area contributed by atoms with Crippen LogP contribution in [0.3, 0.4) is 0 Å². The standard InChI is InChI=1S/C34H20N2S/c1-2-10-22(11-3-1)35-28-14-6-4-12-23(28)26-20-25-21(19-31(26)35)18-27-24-13-5-7-15-29(24)36-30-16-8-9-17-32(30)37-34(25)33(27)36/h1-20H. The van der Waals surface area contributed by atoms with Crippen LogP contribution in [-0.4, -0.2) is 9.13 Å². The number of rotatable bonds is 1. The molecule has 0 unspecified atom stereocenters. The molecular formula is C34H20N2S. The van der Waals surface area contributed by atoms with E-state index in [0.717, 1.165) is 0 Å². The van der Waals surface area contributed by atoms with Gasteiger partial charge in [0.15, 0.2) is 0 Å². The molecule has 0 spiro atoms. The van der Waals surface area contributed by atoms with Crippen molar-refractivity contribution in [3.8, 4) is 11.4 Å². The van der Waals surface area contributed by atoms with Crippen LogP contribution in [0.1, 0.15) is 0 Å². The zero-order valence-electron chi connectivity index (χ0n) is 19.8. The summed E-state index contributed by atoms with van der Waals surface area (Å²) in [6, 6.07) is 44.4. The maximum atomic E-state index is 2.47. The molecule has 0 N–H and O–H groups in total. The van der Waals surface area contributed by atoms with Gasteiger partial charge in [0.05, 0.1) is 27.8 Å². The number of aromatic nitrogens is 2. The van der Waals surface area contributed by atoms with Crippen LogP contribution in [0.5, 0.6) is 0 Å². The fraction of sp³-hybridized carbons (Fsp3) is 0. The van der Waals surface area contributed by atoms with Gasteiger partial charge in [0.1, 0.15) is 0 Å². The highest BCUT2D eigenvalue weighted by molar-refractivity contribution is 8.00. The predicted octanol–water partition coefficient (Wildman–Crippen LogP) is 9.50. The molecule has 0 saturated carbocycles. The summed E-state index contributed by atoms with van der Waals surface area (Å²) in [7, 11) is 0. The van der Waals surface area contributed by atoms with Gasteiger partial charge in [0.25, 0.3) is 0 Å². The van der Waals surface area contributed by atoms with E-state index < -0.39 is 0 Å². The number of nitrogens with zero attached hydrogens (tertiary/aromatic N) is 2. The molecule has 2 nitrogen and oxygen atoms in total. The number of hydrogen-bond donors (Lipinski definition) is 0. The molecular weight excluding hydrogens is 468 g/mol. The van der Waals surface area contributed by atoms with Crippen LogP contribution in [0.2, 0.25) is 0 Å². The highest BCUT2D eigenvalue weighted by atomic mass is 32.2. The fourth-order valence-electron chi connectivity index (χ4n) is 6.31. The third kappa shape index (κ3) is 2.52. The first-order chi connectivity index (χ1) is 18.4. The molecule has 0 bridgehead atoms. The minimum atomic E-state index is 1.19. The van der Waals surface area contributed by atoms with Crippen molar-refractivity contribution in [2.24, 2.45) is 0 Å². The largest absolute Gasteiger partial charge is 0.309 e. The Labute approximate surface area is 217 Å². The van der Waals surface area contributed by atoms with Gasteiger partial charge in [-0.2, -0.15) is 0 Å². The first-order valence-corrected chi connectivity index (χ1v) is 13.4. The minimum Gasteiger partial charge on any atom is -0.309 e. The van der Waals surface area contributed by atoms with E-state index in [2.05, 4.69) is 130 Å². The molecule has 9 rings (SSSR count). The molecule has 0 radical (unpaired) electrons. The van der Waals surface area contributed by atoms with Gasteiger partial charge in [-0.05, 0) is 65.4 Å². The van der Waals surface area contributed by atoms with E-state index in [9.17, 15) is 0 Å². The van der Waals surface area contributed by atoms with Crippen LogP contribution in [0, 0.1) is 0 Å². The molecule has 2 aromatic heterocycles. The first kappa shape index (κ1) is 19.7. The summed E-state index contributed by atoms with van der Waals surface area (Å²) in [5.41, 5.74) is 7.54.